The lowest BCUT2D eigenvalue weighted by Gasteiger charge is -2.27. The van der Waals surface area contributed by atoms with Crippen molar-refractivity contribution < 1.29 is 14.0 Å². The Hall–Kier alpha value is -3.28. The molecule has 2 amide bonds. The van der Waals surface area contributed by atoms with Crippen molar-refractivity contribution in [1.82, 2.24) is 14.4 Å². The van der Waals surface area contributed by atoms with Crippen LogP contribution in [0, 0.1) is 0 Å². The van der Waals surface area contributed by atoms with Gasteiger partial charge in [-0.25, -0.2) is 0 Å². The van der Waals surface area contributed by atoms with Crippen molar-refractivity contribution in [2.45, 2.75) is 59.0 Å². The molecule has 0 saturated heterocycles. The molecule has 2 aromatic heterocycles. The van der Waals surface area contributed by atoms with Crippen LogP contribution < -0.4 is 0 Å². The zero-order valence-corrected chi connectivity index (χ0v) is 20.7. The Bertz CT molecular complexity index is 1020. The van der Waals surface area contributed by atoms with Gasteiger partial charge in [-0.1, -0.05) is 38.8 Å². The third-order valence-corrected chi connectivity index (χ3v) is 6.06. The lowest BCUT2D eigenvalue weighted by Crippen LogP contribution is -2.43. The molecule has 0 aliphatic carbocycles. The van der Waals surface area contributed by atoms with E-state index >= 15 is 0 Å². The summed E-state index contributed by atoms with van der Waals surface area (Å²) >= 11 is 0. The summed E-state index contributed by atoms with van der Waals surface area (Å²) in [7, 11) is 1.96. The van der Waals surface area contributed by atoms with E-state index in [1.165, 1.54) is 18.4 Å². The SMILES string of the molecule is CCCCCc1ccc(C(=O)N(CCC)CC(=O)N(Cc2ccco2)Cc2cccn2C)cc1. The summed E-state index contributed by atoms with van der Waals surface area (Å²) in [5.74, 6) is 0.511. The van der Waals surface area contributed by atoms with Crippen LogP contribution in [0.1, 0.15) is 66.9 Å². The Morgan fingerprint density at radius 2 is 1.71 bits per heavy atom. The number of carbonyl (C=O) groups excluding carboxylic acids is 2. The maximum absolute atomic E-state index is 13.4. The third kappa shape index (κ3) is 7.11. The van der Waals surface area contributed by atoms with Gasteiger partial charge in [0.15, 0.2) is 0 Å². The maximum atomic E-state index is 13.4. The van der Waals surface area contributed by atoms with Crippen LogP contribution in [0.4, 0.5) is 0 Å². The first-order chi connectivity index (χ1) is 16.5. The van der Waals surface area contributed by atoms with Crippen LogP contribution in [0.3, 0.4) is 0 Å². The number of amides is 2. The zero-order valence-electron chi connectivity index (χ0n) is 20.7. The standard InChI is InChI=1S/C28H37N3O3/c1-4-6-7-10-23-13-15-24(16-14-23)28(33)30(17-5-2)22-27(32)31(21-26-12-9-19-34-26)20-25-11-8-18-29(25)3/h8-9,11-16,18-19H,4-7,10,17,20-22H2,1-3H3. The van der Waals surface area contributed by atoms with E-state index in [9.17, 15) is 9.59 Å². The van der Waals surface area contributed by atoms with Gasteiger partial charge in [0.2, 0.25) is 5.91 Å². The highest BCUT2D eigenvalue weighted by Gasteiger charge is 2.23. The molecule has 34 heavy (non-hydrogen) atoms. The molecule has 0 bridgehead atoms. The second-order valence-corrected chi connectivity index (χ2v) is 8.82. The molecule has 0 aliphatic rings. The molecule has 182 valence electrons. The predicted molar refractivity (Wildman–Crippen MR) is 134 cm³/mol. The maximum Gasteiger partial charge on any atom is 0.254 e. The number of benzene rings is 1. The first kappa shape index (κ1) is 25.3. The van der Waals surface area contributed by atoms with Crippen LogP contribution in [0.2, 0.25) is 0 Å². The number of hydrogen-bond acceptors (Lipinski definition) is 3. The number of aromatic nitrogens is 1. The lowest BCUT2D eigenvalue weighted by atomic mass is 10.0. The molecule has 6 heteroatoms. The van der Waals surface area contributed by atoms with Crippen LogP contribution in [-0.4, -0.2) is 39.3 Å². The molecule has 0 radical (unpaired) electrons. The molecule has 6 nitrogen and oxygen atoms in total. The Labute approximate surface area is 203 Å². The number of furan rings is 1. The van der Waals surface area contributed by atoms with Crippen molar-refractivity contribution in [3.63, 3.8) is 0 Å². The van der Waals surface area contributed by atoms with Crippen molar-refractivity contribution in [3.8, 4) is 0 Å². The lowest BCUT2D eigenvalue weighted by molar-refractivity contribution is -0.133. The number of hydrogen-bond donors (Lipinski definition) is 0. The normalized spacial score (nSPS) is 10.9. The average molecular weight is 464 g/mol. The van der Waals surface area contributed by atoms with Crippen LogP contribution in [0.25, 0.3) is 0 Å². The van der Waals surface area contributed by atoms with E-state index in [2.05, 4.69) is 6.92 Å². The summed E-state index contributed by atoms with van der Waals surface area (Å²) in [6, 6.07) is 15.5. The fourth-order valence-corrected chi connectivity index (χ4v) is 4.04. The molecular weight excluding hydrogens is 426 g/mol. The molecule has 0 saturated carbocycles. The fourth-order valence-electron chi connectivity index (χ4n) is 4.04. The predicted octanol–water partition coefficient (Wildman–Crippen LogP) is 5.43. The van der Waals surface area contributed by atoms with E-state index in [4.69, 9.17) is 4.42 Å². The van der Waals surface area contributed by atoms with Gasteiger partial charge in [-0.05, 0) is 61.2 Å². The summed E-state index contributed by atoms with van der Waals surface area (Å²) in [5, 5.41) is 0. The molecule has 2 heterocycles. The second-order valence-electron chi connectivity index (χ2n) is 8.82. The van der Waals surface area contributed by atoms with Crippen molar-refractivity contribution in [2.75, 3.05) is 13.1 Å². The molecule has 3 aromatic rings. The number of aryl methyl sites for hydroxylation is 2. The third-order valence-electron chi connectivity index (χ3n) is 6.06. The summed E-state index contributed by atoms with van der Waals surface area (Å²) in [5.41, 5.74) is 2.89. The van der Waals surface area contributed by atoms with Crippen LogP contribution >= 0.6 is 0 Å². The van der Waals surface area contributed by atoms with Gasteiger partial charge in [0, 0.05) is 31.0 Å². The van der Waals surface area contributed by atoms with Gasteiger partial charge in [0.25, 0.3) is 5.91 Å². The molecule has 0 aliphatic heterocycles. The summed E-state index contributed by atoms with van der Waals surface area (Å²) in [6.07, 6.45) is 8.95. The van der Waals surface area contributed by atoms with Gasteiger partial charge >= 0.3 is 0 Å². The highest BCUT2D eigenvalue weighted by molar-refractivity contribution is 5.96. The monoisotopic (exact) mass is 463 g/mol. The van der Waals surface area contributed by atoms with Crippen LogP contribution in [0.15, 0.2) is 65.4 Å². The molecule has 0 N–H and O–H groups in total. The first-order valence-corrected chi connectivity index (χ1v) is 12.3. The Morgan fingerprint density at radius 3 is 2.32 bits per heavy atom. The minimum Gasteiger partial charge on any atom is -0.467 e. The molecule has 0 spiro atoms. The minimum absolute atomic E-state index is 0.0378. The van der Waals surface area contributed by atoms with Gasteiger partial charge in [-0.15, -0.1) is 0 Å². The summed E-state index contributed by atoms with van der Waals surface area (Å²) in [6.45, 7) is 5.59. The molecule has 0 atom stereocenters. The number of nitrogens with zero attached hydrogens (tertiary/aromatic N) is 3. The van der Waals surface area contributed by atoms with E-state index in [-0.39, 0.29) is 18.4 Å². The first-order valence-electron chi connectivity index (χ1n) is 12.3. The Kier molecular flexibility index (Phi) is 9.56. The molecule has 3 rings (SSSR count). The van der Waals surface area contributed by atoms with Crippen molar-refractivity contribution in [2.24, 2.45) is 7.05 Å². The van der Waals surface area contributed by atoms with E-state index in [1.807, 2.05) is 73.3 Å². The zero-order chi connectivity index (χ0) is 24.3. The van der Waals surface area contributed by atoms with Crippen molar-refractivity contribution in [1.29, 1.82) is 0 Å². The smallest absolute Gasteiger partial charge is 0.254 e. The number of unbranched alkanes of at least 4 members (excludes halogenated alkanes) is 2. The number of carbonyl (C=O) groups is 2. The summed E-state index contributed by atoms with van der Waals surface area (Å²) < 4.78 is 7.50. The second kappa shape index (κ2) is 12.8. The number of rotatable bonds is 13. The van der Waals surface area contributed by atoms with E-state index in [0.717, 1.165) is 30.7 Å². The van der Waals surface area contributed by atoms with Crippen LogP contribution in [0.5, 0.6) is 0 Å². The molecule has 0 unspecified atom stereocenters. The summed E-state index contributed by atoms with van der Waals surface area (Å²) in [4.78, 5) is 30.1. The fraction of sp³-hybridized carbons (Fsp3) is 0.429. The largest absolute Gasteiger partial charge is 0.467 e. The van der Waals surface area contributed by atoms with Gasteiger partial charge in [0.05, 0.1) is 19.4 Å². The van der Waals surface area contributed by atoms with Gasteiger partial charge in [0.1, 0.15) is 12.3 Å². The van der Waals surface area contributed by atoms with Gasteiger partial charge in [-0.3, -0.25) is 9.59 Å². The van der Waals surface area contributed by atoms with E-state index < -0.39 is 0 Å². The molecule has 1 aromatic carbocycles. The average Bonchev–Trinajstić information content (AvgIpc) is 3.50. The Morgan fingerprint density at radius 1 is 0.912 bits per heavy atom. The molecule has 0 fully saturated rings. The molecular formula is C28H37N3O3. The van der Waals surface area contributed by atoms with E-state index in [1.54, 1.807) is 16.1 Å². The minimum atomic E-state index is -0.105. The quantitative estimate of drug-likeness (QED) is 0.318. The van der Waals surface area contributed by atoms with Crippen molar-refractivity contribution in [3.05, 3.63) is 83.6 Å². The van der Waals surface area contributed by atoms with Crippen molar-refractivity contribution >= 4 is 11.8 Å². The topological polar surface area (TPSA) is 58.7 Å². The highest BCUT2D eigenvalue weighted by Crippen LogP contribution is 2.15. The van der Waals surface area contributed by atoms with Crippen LogP contribution in [-0.2, 0) is 31.4 Å². The van der Waals surface area contributed by atoms with Gasteiger partial charge in [-0.2, -0.15) is 0 Å². The highest BCUT2D eigenvalue weighted by atomic mass is 16.3. The van der Waals surface area contributed by atoms with E-state index in [0.29, 0.717) is 25.2 Å². The Balaban J connectivity index is 1.71. The van der Waals surface area contributed by atoms with Gasteiger partial charge < -0.3 is 18.8 Å².